The smallest absolute Gasteiger partial charge is 0.423 e. The summed E-state index contributed by atoms with van der Waals surface area (Å²) in [6, 6.07) is 6.60. The number of rotatable bonds is 3. The second kappa shape index (κ2) is 6.58. The Morgan fingerprint density at radius 1 is 1.17 bits per heavy atom. The van der Waals surface area contributed by atoms with E-state index < -0.39 is 7.12 Å². The number of carbonyl (C=O) groups is 1. The lowest BCUT2D eigenvalue weighted by Crippen LogP contribution is -2.29. The molecule has 3 rings (SSSR count). The van der Waals surface area contributed by atoms with Crippen LogP contribution in [0.25, 0.3) is 10.2 Å². The van der Waals surface area contributed by atoms with E-state index in [4.69, 9.17) is 10.0 Å². The molecule has 0 saturated carbocycles. The molecule has 0 aliphatic rings. The molecule has 2 heterocycles. The van der Waals surface area contributed by atoms with Crippen molar-refractivity contribution in [2.45, 2.75) is 0 Å². The molecule has 112 valence electrons. The van der Waals surface area contributed by atoms with E-state index in [1.54, 1.807) is 29.6 Å². The third-order valence-corrected chi connectivity index (χ3v) is 4.08. The number of thiophene rings is 1. The van der Waals surface area contributed by atoms with Crippen LogP contribution in [0, 0.1) is 11.8 Å². The summed E-state index contributed by atoms with van der Waals surface area (Å²) in [7, 11) is -1.49. The van der Waals surface area contributed by atoms with E-state index in [0.29, 0.717) is 28.8 Å². The fourth-order valence-electron chi connectivity index (χ4n) is 1.98. The van der Waals surface area contributed by atoms with Gasteiger partial charge in [0.25, 0.3) is 0 Å². The SMILES string of the molecule is O=CNc1csc2c(C#Cc3ccc(B(O)O)cc3)ncnc12. The van der Waals surface area contributed by atoms with E-state index in [0.717, 1.165) is 10.3 Å². The van der Waals surface area contributed by atoms with Crippen molar-refractivity contribution in [3.63, 3.8) is 0 Å². The Kier molecular flexibility index (Phi) is 4.34. The molecule has 1 aromatic carbocycles. The molecule has 0 atom stereocenters. The normalized spacial score (nSPS) is 10.0. The van der Waals surface area contributed by atoms with Crippen molar-refractivity contribution < 1.29 is 14.8 Å². The first-order chi connectivity index (χ1) is 11.2. The lowest BCUT2D eigenvalue weighted by molar-refractivity contribution is -0.105. The van der Waals surface area contributed by atoms with Gasteiger partial charge < -0.3 is 15.4 Å². The van der Waals surface area contributed by atoms with Crippen molar-refractivity contribution in [2.75, 3.05) is 5.32 Å². The topological polar surface area (TPSA) is 95.3 Å². The van der Waals surface area contributed by atoms with Gasteiger partial charge in [0.05, 0.1) is 10.4 Å². The molecule has 1 amide bonds. The van der Waals surface area contributed by atoms with Gasteiger partial charge in [-0.3, -0.25) is 4.79 Å². The van der Waals surface area contributed by atoms with Gasteiger partial charge in [-0.2, -0.15) is 0 Å². The summed E-state index contributed by atoms with van der Waals surface area (Å²) in [5.74, 6) is 5.95. The Balaban J connectivity index is 1.94. The average molecular weight is 323 g/mol. The standard InChI is InChI=1S/C15H10BN3O3S/c20-9-19-13-7-23-15-12(17-8-18-14(13)15)6-3-10-1-4-11(5-2-10)16(21)22/h1-2,4-5,7-9,21-22H,(H,19,20). The molecule has 0 unspecified atom stereocenters. The zero-order chi connectivity index (χ0) is 16.2. The minimum Gasteiger partial charge on any atom is -0.423 e. The lowest BCUT2D eigenvalue weighted by Gasteiger charge is -1.98. The Hall–Kier alpha value is -2.73. The Morgan fingerprint density at radius 2 is 1.96 bits per heavy atom. The lowest BCUT2D eigenvalue weighted by atomic mass is 9.80. The Labute approximate surface area is 136 Å². The van der Waals surface area contributed by atoms with Crippen LogP contribution in [0.2, 0.25) is 0 Å². The van der Waals surface area contributed by atoms with Crippen molar-refractivity contribution in [1.29, 1.82) is 0 Å². The molecule has 0 saturated heterocycles. The molecule has 0 radical (unpaired) electrons. The highest BCUT2D eigenvalue weighted by Gasteiger charge is 2.10. The van der Waals surface area contributed by atoms with Crippen LogP contribution in [-0.2, 0) is 4.79 Å². The quantitative estimate of drug-likeness (QED) is 0.367. The monoisotopic (exact) mass is 323 g/mol. The van der Waals surface area contributed by atoms with Crippen molar-refractivity contribution in [2.24, 2.45) is 0 Å². The second-order valence-corrected chi connectivity index (χ2v) is 5.44. The van der Waals surface area contributed by atoms with Crippen molar-refractivity contribution >= 4 is 46.2 Å². The van der Waals surface area contributed by atoms with E-state index >= 15 is 0 Å². The predicted molar refractivity (Wildman–Crippen MR) is 89.3 cm³/mol. The number of benzene rings is 1. The average Bonchev–Trinajstić information content (AvgIpc) is 2.97. The number of amides is 1. The molecule has 0 fully saturated rings. The molecular formula is C15H10BN3O3S. The largest absolute Gasteiger partial charge is 0.488 e. The van der Waals surface area contributed by atoms with Crippen LogP contribution in [0.4, 0.5) is 5.69 Å². The number of nitrogens with zero attached hydrogens (tertiary/aromatic N) is 2. The highest BCUT2D eigenvalue weighted by Crippen LogP contribution is 2.29. The number of aromatic nitrogens is 2. The zero-order valence-electron chi connectivity index (χ0n) is 11.7. The third kappa shape index (κ3) is 3.22. The molecule has 6 nitrogen and oxygen atoms in total. The van der Waals surface area contributed by atoms with E-state index in [-0.39, 0.29) is 0 Å². The van der Waals surface area contributed by atoms with Gasteiger partial charge in [0, 0.05) is 10.9 Å². The number of fused-ring (bicyclic) bond motifs is 1. The van der Waals surface area contributed by atoms with Crippen LogP contribution >= 0.6 is 11.3 Å². The first-order valence-electron chi connectivity index (χ1n) is 6.59. The summed E-state index contributed by atoms with van der Waals surface area (Å²) in [6.07, 6.45) is 2.01. The van der Waals surface area contributed by atoms with Crippen LogP contribution in [0.15, 0.2) is 36.0 Å². The fourth-order valence-corrected chi connectivity index (χ4v) is 2.88. The van der Waals surface area contributed by atoms with Crippen molar-refractivity contribution in [1.82, 2.24) is 9.97 Å². The molecule has 23 heavy (non-hydrogen) atoms. The Morgan fingerprint density at radius 3 is 2.65 bits per heavy atom. The molecule has 0 spiro atoms. The van der Waals surface area contributed by atoms with Gasteiger partial charge in [0.2, 0.25) is 6.41 Å². The summed E-state index contributed by atoms with van der Waals surface area (Å²) in [5.41, 5.74) is 2.99. The highest BCUT2D eigenvalue weighted by atomic mass is 32.1. The third-order valence-electron chi connectivity index (χ3n) is 3.10. The van der Waals surface area contributed by atoms with Crippen LogP contribution < -0.4 is 10.8 Å². The first kappa shape index (κ1) is 15.2. The summed E-state index contributed by atoms with van der Waals surface area (Å²) >= 11 is 1.41. The van der Waals surface area contributed by atoms with Gasteiger partial charge in [-0.05, 0) is 23.5 Å². The van der Waals surface area contributed by atoms with E-state index in [1.807, 2.05) is 0 Å². The van der Waals surface area contributed by atoms with E-state index in [2.05, 4.69) is 27.1 Å². The summed E-state index contributed by atoms with van der Waals surface area (Å²) in [4.78, 5) is 18.9. The maximum Gasteiger partial charge on any atom is 0.488 e. The maximum atomic E-state index is 10.6. The Bertz CT molecular complexity index is 913. The minimum atomic E-state index is -1.49. The number of anilines is 1. The van der Waals surface area contributed by atoms with Gasteiger partial charge in [-0.15, -0.1) is 11.3 Å². The molecule has 3 aromatic rings. The van der Waals surface area contributed by atoms with Crippen molar-refractivity contribution in [3.8, 4) is 11.8 Å². The van der Waals surface area contributed by atoms with E-state index in [9.17, 15) is 4.79 Å². The first-order valence-corrected chi connectivity index (χ1v) is 7.47. The summed E-state index contributed by atoms with van der Waals surface area (Å²) < 4.78 is 0.798. The summed E-state index contributed by atoms with van der Waals surface area (Å²) in [6.45, 7) is 0. The predicted octanol–water partition coefficient (Wildman–Crippen LogP) is 0.339. The number of carbonyl (C=O) groups excluding carboxylic acids is 1. The molecular weight excluding hydrogens is 313 g/mol. The van der Waals surface area contributed by atoms with Crippen LogP contribution in [-0.4, -0.2) is 33.5 Å². The van der Waals surface area contributed by atoms with Gasteiger partial charge in [0.15, 0.2) is 0 Å². The summed E-state index contributed by atoms with van der Waals surface area (Å²) in [5, 5.41) is 22.5. The van der Waals surface area contributed by atoms with E-state index in [1.165, 1.54) is 17.7 Å². The molecule has 8 heteroatoms. The van der Waals surface area contributed by atoms with Gasteiger partial charge in [-0.1, -0.05) is 18.1 Å². The molecule has 3 N–H and O–H groups in total. The van der Waals surface area contributed by atoms with Gasteiger partial charge >= 0.3 is 7.12 Å². The van der Waals surface area contributed by atoms with Crippen LogP contribution in [0.3, 0.4) is 0 Å². The number of hydrogen-bond acceptors (Lipinski definition) is 6. The number of nitrogens with one attached hydrogen (secondary N) is 1. The fraction of sp³-hybridized carbons (Fsp3) is 0. The van der Waals surface area contributed by atoms with Gasteiger partial charge in [-0.25, -0.2) is 9.97 Å². The highest BCUT2D eigenvalue weighted by molar-refractivity contribution is 7.18. The zero-order valence-corrected chi connectivity index (χ0v) is 12.5. The minimum absolute atomic E-state index is 0.405. The molecule has 0 aliphatic heterocycles. The van der Waals surface area contributed by atoms with Crippen LogP contribution in [0.1, 0.15) is 11.3 Å². The maximum absolute atomic E-state index is 10.6. The molecule has 0 aliphatic carbocycles. The molecule has 2 aromatic heterocycles. The second-order valence-electron chi connectivity index (χ2n) is 4.56. The van der Waals surface area contributed by atoms with Crippen molar-refractivity contribution in [3.05, 3.63) is 47.2 Å². The number of hydrogen-bond donors (Lipinski definition) is 3. The molecule has 0 bridgehead atoms. The van der Waals surface area contributed by atoms with Gasteiger partial charge in [0.1, 0.15) is 17.5 Å². The van der Waals surface area contributed by atoms with Crippen LogP contribution in [0.5, 0.6) is 0 Å².